The van der Waals surface area contributed by atoms with Gasteiger partial charge in [-0.25, -0.2) is 0 Å². The smallest absolute Gasteiger partial charge is 0.0914 e. The summed E-state index contributed by atoms with van der Waals surface area (Å²) in [5.74, 6) is 0.613. The molecule has 0 spiro atoms. The van der Waals surface area contributed by atoms with E-state index in [1.807, 2.05) is 6.08 Å². The van der Waals surface area contributed by atoms with E-state index in [0.29, 0.717) is 5.92 Å². The van der Waals surface area contributed by atoms with Crippen LogP contribution in [0, 0.1) is 17.2 Å². The van der Waals surface area contributed by atoms with Crippen LogP contribution in [0.5, 0.6) is 0 Å². The lowest BCUT2D eigenvalue weighted by Gasteiger charge is -2.22. The Morgan fingerprint density at radius 1 is 1.50 bits per heavy atom. The summed E-state index contributed by atoms with van der Waals surface area (Å²) in [4.78, 5) is 0. The third-order valence-corrected chi connectivity index (χ3v) is 2.17. The van der Waals surface area contributed by atoms with E-state index in [1.165, 1.54) is 0 Å². The van der Waals surface area contributed by atoms with Crippen molar-refractivity contribution in [1.82, 2.24) is 0 Å². The predicted molar refractivity (Wildman–Crippen MR) is 52.5 cm³/mol. The van der Waals surface area contributed by atoms with Crippen LogP contribution in [0.4, 0.5) is 0 Å². The van der Waals surface area contributed by atoms with Crippen molar-refractivity contribution < 1.29 is 5.11 Å². The van der Waals surface area contributed by atoms with Crippen molar-refractivity contribution in [2.45, 2.75) is 32.8 Å². The normalized spacial score (nSPS) is 15.7. The van der Waals surface area contributed by atoms with Gasteiger partial charge in [-0.1, -0.05) is 19.9 Å². The first kappa shape index (κ1) is 11.4. The molecule has 0 saturated heterocycles. The van der Waals surface area contributed by atoms with Crippen molar-refractivity contribution >= 4 is 6.21 Å². The van der Waals surface area contributed by atoms with Crippen LogP contribution < -0.4 is 0 Å². The number of nitrogens with one attached hydrogen (secondary N) is 1. The highest BCUT2D eigenvalue weighted by Gasteiger charge is 2.19. The van der Waals surface area contributed by atoms with Crippen LogP contribution in [0.1, 0.15) is 26.7 Å². The summed E-state index contributed by atoms with van der Waals surface area (Å²) in [6.07, 6.45) is 4.20. The van der Waals surface area contributed by atoms with Gasteiger partial charge < -0.3 is 10.5 Å². The van der Waals surface area contributed by atoms with Crippen molar-refractivity contribution in [3.8, 4) is 0 Å². The zero-order valence-electron chi connectivity index (χ0n) is 7.96. The maximum Gasteiger partial charge on any atom is 0.0914 e. The molecular weight excluding hydrogens is 150 g/mol. The van der Waals surface area contributed by atoms with Gasteiger partial charge in [0.05, 0.1) is 6.10 Å². The molecule has 0 rings (SSSR count). The quantitative estimate of drug-likeness (QED) is 0.465. The molecule has 0 aliphatic carbocycles. The molecule has 2 heteroatoms. The average Bonchev–Trinajstić information content (AvgIpc) is 2.04. The Morgan fingerprint density at radius 2 is 2.08 bits per heavy atom. The average molecular weight is 169 g/mol. The Kier molecular flexibility index (Phi) is 5.64. The van der Waals surface area contributed by atoms with Gasteiger partial charge in [-0.3, -0.25) is 0 Å². The van der Waals surface area contributed by atoms with Crippen molar-refractivity contribution in [2.75, 3.05) is 0 Å². The highest BCUT2D eigenvalue weighted by molar-refractivity contribution is 5.59. The summed E-state index contributed by atoms with van der Waals surface area (Å²) in [5, 5.41) is 16.4. The van der Waals surface area contributed by atoms with E-state index in [9.17, 15) is 5.11 Å². The molecule has 0 aromatic rings. The number of hydrogen-bond acceptors (Lipinski definition) is 2. The van der Waals surface area contributed by atoms with Gasteiger partial charge in [-0.05, 0) is 24.7 Å². The van der Waals surface area contributed by atoms with E-state index in [0.717, 1.165) is 19.1 Å². The first-order valence-corrected chi connectivity index (χ1v) is 4.43. The van der Waals surface area contributed by atoms with Crippen LogP contribution in [0.3, 0.4) is 0 Å². The van der Waals surface area contributed by atoms with E-state index in [4.69, 9.17) is 5.41 Å². The lowest BCUT2D eigenvalue weighted by atomic mass is 9.87. The van der Waals surface area contributed by atoms with Gasteiger partial charge in [0.2, 0.25) is 0 Å². The monoisotopic (exact) mass is 169 g/mol. The molecule has 0 aromatic carbocycles. The second-order valence-corrected chi connectivity index (χ2v) is 3.43. The Balaban J connectivity index is 4.02. The Bertz CT molecular complexity index is 143. The molecule has 0 fully saturated rings. The topological polar surface area (TPSA) is 44.1 Å². The van der Waals surface area contributed by atoms with Crippen molar-refractivity contribution in [3.63, 3.8) is 0 Å². The molecule has 0 unspecified atom stereocenters. The number of rotatable bonds is 6. The highest BCUT2D eigenvalue weighted by Crippen LogP contribution is 2.20. The van der Waals surface area contributed by atoms with Gasteiger partial charge in [-0.15, -0.1) is 6.58 Å². The van der Waals surface area contributed by atoms with Gasteiger partial charge in [0.1, 0.15) is 0 Å². The molecule has 0 aromatic heterocycles. The summed E-state index contributed by atoms with van der Waals surface area (Å²) in [6.45, 7) is 7.78. The zero-order chi connectivity index (χ0) is 9.56. The van der Waals surface area contributed by atoms with Crippen molar-refractivity contribution in [1.29, 1.82) is 5.41 Å². The molecule has 2 nitrogen and oxygen atoms in total. The number of aliphatic hydroxyl groups is 1. The number of hydrogen-bond donors (Lipinski definition) is 2. The maximum atomic E-state index is 9.44. The Hall–Kier alpha value is -0.630. The van der Waals surface area contributed by atoms with E-state index in [2.05, 4.69) is 20.4 Å². The van der Waals surface area contributed by atoms with Gasteiger partial charge in [0, 0.05) is 6.21 Å². The molecule has 2 N–H and O–H groups in total. The predicted octanol–water partition coefficient (Wildman–Crippen LogP) is 2.24. The van der Waals surface area contributed by atoms with E-state index in [-0.39, 0.29) is 5.92 Å². The number of allylic oxidation sites excluding steroid dienone is 1. The van der Waals surface area contributed by atoms with Gasteiger partial charge >= 0.3 is 0 Å². The summed E-state index contributed by atoms with van der Waals surface area (Å²) in [6, 6.07) is 0. The first-order valence-electron chi connectivity index (χ1n) is 4.43. The van der Waals surface area contributed by atoms with Gasteiger partial charge in [-0.2, -0.15) is 0 Å². The molecule has 2 atom stereocenters. The third-order valence-electron chi connectivity index (χ3n) is 2.17. The lowest BCUT2D eigenvalue weighted by molar-refractivity contribution is 0.136. The van der Waals surface area contributed by atoms with E-state index >= 15 is 0 Å². The summed E-state index contributed by atoms with van der Waals surface area (Å²) in [7, 11) is 0. The fourth-order valence-electron chi connectivity index (χ4n) is 1.33. The first-order chi connectivity index (χ1) is 5.63. The molecule has 70 valence electrons. The van der Waals surface area contributed by atoms with Crippen LogP contribution >= 0.6 is 0 Å². The van der Waals surface area contributed by atoms with Crippen LogP contribution in [0.25, 0.3) is 0 Å². The molecule has 0 radical (unpaired) electrons. The second kappa shape index (κ2) is 5.95. The largest absolute Gasteiger partial charge is 0.387 e. The molecule has 12 heavy (non-hydrogen) atoms. The maximum absolute atomic E-state index is 9.44. The molecular formula is C10H19NO. The summed E-state index contributed by atoms with van der Waals surface area (Å²) in [5.41, 5.74) is 0. The van der Waals surface area contributed by atoms with Gasteiger partial charge in [0.15, 0.2) is 0 Å². The third kappa shape index (κ3) is 3.67. The highest BCUT2D eigenvalue weighted by atomic mass is 16.3. The van der Waals surface area contributed by atoms with Crippen molar-refractivity contribution in [2.24, 2.45) is 11.8 Å². The van der Waals surface area contributed by atoms with Crippen molar-refractivity contribution in [3.05, 3.63) is 12.7 Å². The minimum absolute atomic E-state index is 0.195. The zero-order valence-corrected chi connectivity index (χ0v) is 7.96. The molecule has 0 aliphatic heterocycles. The molecule has 0 heterocycles. The minimum atomic E-state index is -0.593. The van der Waals surface area contributed by atoms with Crippen LogP contribution in [0.2, 0.25) is 0 Å². The fourth-order valence-corrected chi connectivity index (χ4v) is 1.33. The molecule has 0 saturated carbocycles. The second-order valence-electron chi connectivity index (χ2n) is 3.43. The van der Waals surface area contributed by atoms with E-state index < -0.39 is 6.10 Å². The standard InChI is InChI=1S/C10H19NO/c1-4-5-6-9(8(2)3)10(12)7-11/h4,7-12H,1,5-6H2,2-3H3/t9-,10-/m0/s1. The van der Waals surface area contributed by atoms with Crippen LogP contribution in [0.15, 0.2) is 12.7 Å². The fraction of sp³-hybridized carbons (Fsp3) is 0.700. The van der Waals surface area contributed by atoms with Crippen LogP contribution in [-0.2, 0) is 0 Å². The summed E-state index contributed by atoms with van der Waals surface area (Å²) < 4.78 is 0. The van der Waals surface area contributed by atoms with Crippen LogP contribution in [-0.4, -0.2) is 17.4 Å². The Labute approximate surface area is 74.8 Å². The lowest BCUT2D eigenvalue weighted by Crippen LogP contribution is -2.26. The Morgan fingerprint density at radius 3 is 2.42 bits per heavy atom. The SMILES string of the molecule is C=CCC[C@@H](C(C)C)[C@@H](O)C=N. The summed E-state index contributed by atoms with van der Waals surface area (Å²) >= 11 is 0. The molecule has 0 aliphatic rings. The molecule has 0 amide bonds. The minimum Gasteiger partial charge on any atom is -0.387 e. The molecule has 0 bridgehead atoms. The number of aliphatic hydroxyl groups excluding tert-OH is 1. The van der Waals surface area contributed by atoms with Gasteiger partial charge in [0.25, 0.3) is 0 Å². The van der Waals surface area contributed by atoms with E-state index in [1.54, 1.807) is 0 Å².